The molecule has 1 aromatic heterocycles. The minimum atomic E-state index is -0.00840. The van der Waals surface area contributed by atoms with Crippen molar-refractivity contribution in [2.75, 3.05) is 0 Å². The molecule has 2 rings (SSSR count). The van der Waals surface area contributed by atoms with Crippen LogP contribution >= 0.6 is 0 Å². The fourth-order valence-corrected chi connectivity index (χ4v) is 1.54. The maximum absolute atomic E-state index is 11.2. The van der Waals surface area contributed by atoms with Crippen LogP contribution in [0.1, 0.15) is 43.4 Å². The molecule has 0 atom stereocenters. The van der Waals surface area contributed by atoms with Crippen LogP contribution in [0.3, 0.4) is 0 Å². The van der Waals surface area contributed by atoms with Gasteiger partial charge in [0.05, 0.1) is 0 Å². The Morgan fingerprint density at radius 2 is 1.78 bits per heavy atom. The summed E-state index contributed by atoms with van der Waals surface area (Å²) in [5.74, 6) is 0.740. The van der Waals surface area contributed by atoms with Crippen LogP contribution in [0.25, 0.3) is 11.4 Å². The summed E-state index contributed by atoms with van der Waals surface area (Å²) in [6, 6.07) is 9.76. The normalized spacial score (nSPS) is 9.56. The molecule has 3 heteroatoms. The number of hydrogen-bond acceptors (Lipinski definition) is 2. The maximum atomic E-state index is 11.2. The molecule has 18 heavy (non-hydrogen) atoms. The van der Waals surface area contributed by atoms with Crippen molar-refractivity contribution in [1.82, 2.24) is 9.97 Å². The second-order valence-electron chi connectivity index (χ2n) is 4.19. The zero-order valence-corrected chi connectivity index (χ0v) is 11.4. The Hall–Kier alpha value is -1.90. The van der Waals surface area contributed by atoms with Crippen LogP contribution in [0.15, 0.2) is 30.3 Å². The van der Waals surface area contributed by atoms with Crippen LogP contribution in [-0.2, 0) is 0 Å². The largest absolute Gasteiger partial charge is 0.341 e. The average molecular weight is 244 g/mol. The second-order valence-corrected chi connectivity index (χ2v) is 4.19. The predicted molar refractivity (Wildman–Crippen MR) is 74.7 cm³/mol. The van der Waals surface area contributed by atoms with E-state index in [2.05, 4.69) is 23.8 Å². The SMILES string of the molecule is CC(=O)c1nc(-c2ccccc2)[nH]c1C.CCC. The van der Waals surface area contributed by atoms with Gasteiger partial charge in [-0.1, -0.05) is 50.6 Å². The lowest BCUT2D eigenvalue weighted by Crippen LogP contribution is -1.94. The van der Waals surface area contributed by atoms with Crippen molar-refractivity contribution in [2.24, 2.45) is 0 Å². The Labute approximate surface area is 108 Å². The van der Waals surface area contributed by atoms with Gasteiger partial charge in [-0.3, -0.25) is 4.79 Å². The summed E-state index contributed by atoms with van der Waals surface area (Å²) < 4.78 is 0. The summed E-state index contributed by atoms with van der Waals surface area (Å²) >= 11 is 0. The molecule has 0 aliphatic carbocycles. The van der Waals surface area contributed by atoms with E-state index in [0.717, 1.165) is 17.1 Å². The third kappa shape index (κ3) is 3.55. The highest BCUT2D eigenvalue weighted by Gasteiger charge is 2.11. The number of imidazole rings is 1. The molecule has 1 N–H and O–H groups in total. The molecule has 1 heterocycles. The smallest absolute Gasteiger partial charge is 0.179 e. The van der Waals surface area contributed by atoms with E-state index in [1.165, 1.54) is 13.3 Å². The van der Waals surface area contributed by atoms with E-state index in [1.807, 2.05) is 37.3 Å². The van der Waals surface area contributed by atoms with Gasteiger partial charge in [0.15, 0.2) is 5.78 Å². The summed E-state index contributed by atoms with van der Waals surface area (Å²) in [5, 5.41) is 0. The van der Waals surface area contributed by atoms with Crippen LogP contribution in [-0.4, -0.2) is 15.8 Å². The highest BCUT2D eigenvalue weighted by Crippen LogP contribution is 2.17. The van der Waals surface area contributed by atoms with Crippen molar-refractivity contribution in [1.29, 1.82) is 0 Å². The molecule has 0 saturated carbocycles. The number of Topliss-reactive ketones (excluding diaryl/α,β-unsaturated/α-hetero) is 1. The van der Waals surface area contributed by atoms with Crippen molar-refractivity contribution in [3.63, 3.8) is 0 Å². The van der Waals surface area contributed by atoms with Crippen molar-refractivity contribution in [3.8, 4) is 11.4 Å². The van der Waals surface area contributed by atoms with Gasteiger partial charge < -0.3 is 4.98 Å². The first-order valence-electron chi connectivity index (χ1n) is 6.23. The van der Waals surface area contributed by atoms with E-state index in [9.17, 15) is 4.79 Å². The van der Waals surface area contributed by atoms with Crippen molar-refractivity contribution >= 4 is 5.78 Å². The fraction of sp³-hybridized carbons (Fsp3) is 0.333. The number of aromatic nitrogens is 2. The molecule has 0 spiro atoms. The highest BCUT2D eigenvalue weighted by atomic mass is 16.1. The quantitative estimate of drug-likeness (QED) is 0.811. The molecule has 2 aromatic rings. The lowest BCUT2D eigenvalue weighted by atomic mass is 10.2. The second kappa shape index (κ2) is 6.74. The third-order valence-corrected chi connectivity index (χ3v) is 2.27. The first kappa shape index (κ1) is 14.2. The zero-order valence-electron chi connectivity index (χ0n) is 11.4. The predicted octanol–water partition coefficient (Wildman–Crippen LogP) is 4.00. The summed E-state index contributed by atoms with van der Waals surface area (Å²) in [6.07, 6.45) is 1.25. The molecule has 0 radical (unpaired) electrons. The van der Waals surface area contributed by atoms with E-state index in [-0.39, 0.29) is 5.78 Å². The molecule has 1 aromatic carbocycles. The summed E-state index contributed by atoms with van der Waals surface area (Å²) in [6.45, 7) is 7.63. The molecular formula is C15H20N2O. The van der Waals surface area contributed by atoms with Gasteiger partial charge in [-0.05, 0) is 6.92 Å². The minimum absolute atomic E-state index is 0.00840. The van der Waals surface area contributed by atoms with E-state index in [4.69, 9.17) is 0 Å². The number of rotatable bonds is 2. The summed E-state index contributed by atoms with van der Waals surface area (Å²) in [4.78, 5) is 18.6. The van der Waals surface area contributed by atoms with E-state index >= 15 is 0 Å². The molecule has 0 amide bonds. The van der Waals surface area contributed by atoms with Crippen LogP contribution in [0.4, 0.5) is 0 Å². The Bertz CT molecular complexity index is 500. The van der Waals surface area contributed by atoms with Crippen LogP contribution in [0.5, 0.6) is 0 Å². The number of nitrogens with one attached hydrogen (secondary N) is 1. The van der Waals surface area contributed by atoms with Gasteiger partial charge in [0.2, 0.25) is 0 Å². The number of aryl methyl sites for hydroxylation is 1. The Kier molecular flexibility index (Phi) is 5.31. The van der Waals surface area contributed by atoms with Crippen molar-refractivity contribution < 1.29 is 4.79 Å². The lowest BCUT2D eigenvalue weighted by Gasteiger charge is -1.93. The molecule has 96 valence electrons. The number of H-pyrrole nitrogens is 1. The molecular weight excluding hydrogens is 224 g/mol. The van der Waals surface area contributed by atoms with Gasteiger partial charge in [-0.15, -0.1) is 0 Å². The van der Waals surface area contributed by atoms with E-state index in [1.54, 1.807) is 0 Å². The standard InChI is InChI=1S/C12H12N2O.C3H8/c1-8-11(9(2)15)14-12(13-8)10-6-4-3-5-7-10;1-3-2/h3-7H,1-2H3,(H,13,14);3H2,1-2H3. The number of nitrogens with zero attached hydrogens (tertiary/aromatic N) is 1. The number of benzene rings is 1. The molecule has 0 fully saturated rings. The summed E-state index contributed by atoms with van der Waals surface area (Å²) in [5.41, 5.74) is 2.34. The van der Waals surface area contributed by atoms with Gasteiger partial charge in [-0.25, -0.2) is 4.98 Å². The highest BCUT2D eigenvalue weighted by molar-refractivity contribution is 5.93. The number of ketones is 1. The number of carbonyl (C=O) groups is 1. The van der Waals surface area contributed by atoms with Crippen LogP contribution in [0.2, 0.25) is 0 Å². The zero-order chi connectivity index (χ0) is 13.5. The van der Waals surface area contributed by atoms with E-state index in [0.29, 0.717) is 5.69 Å². The Morgan fingerprint density at radius 1 is 1.22 bits per heavy atom. The van der Waals surface area contributed by atoms with Gasteiger partial charge in [0.1, 0.15) is 11.5 Å². The molecule has 0 aliphatic heterocycles. The monoisotopic (exact) mass is 244 g/mol. The topological polar surface area (TPSA) is 45.8 Å². The van der Waals surface area contributed by atoms with Gasteiger partial charge in [0, 0.05) is 18.2 Å². The fourth-order valence-electron chi connectivity index (χ4n) is 1.54. The van der Waals surface area contributed by atoms with Crippen LogP contribution < -0.4 is 0 Å². The molecule has 0 unspecified atom stereocenters. The first-order chi connectivity index (χ1) is 8.60. The average Bonchev–Trinajstić information content (AvgIpc) is 2.74. The first-order valence-corrected chi connectivity index (χ1v) is 6.23. The third-order valence-electron chi connectivity index (χ3n) is 2.27. The number of aromatic amines is 1. The maximum Gasteiger partial charge on any atom is 0.179 e. The van der Waals surface area contributed by atoms with Crippen molar-refractivity contribution in [2.45, 2.75) is 34.1 Å². The van der Waals surface area contributed by atoms with Gasteiger partial charge in [-0.2, -0.15) is 0 Å². The van der Waals surface area contributed by atoms with Gasteiger partial charge in [0.25, 0.3) is 0 Å². The Balaban J connectivity index is 0.000000492. The lowest BCUT2D eigenvalue weighted by molar-refractivity contribution is 0.101. The summed E-state index contributed by atoms with van der Waals surface area (Å²) in [7, 11) is 0. The Morgan fingerprint density at radius 3 is 2.22 bits per heavy atom. The molecule has 3 nitrogen and oxygen atoms in total. The van der Waals surface area contributed by atoms with Crippen LogP contribution in [0, 0.1) is 6.92 Å². The van der Waals surface area contributed by atoms with Crippen molar-refractivity contribution in [3.05, 3.63) is 41.7 Å². The molecule has 0 saturated heterocycles. The minimum Gasteiger partial charge on any atom is -0.341 e. The van der Waals surface area contributed by atoms with E-state index < -0.39 is 0 Å². The molecule has 0 aliphatic rings. The molecule has 0 bridgehead atoms. The number of hydrogen-bond donors (Lipinski definition) is 1. The van der Waals surface area contributed by atoms with Gasteiger partial charge >= 0.3 is 0 Å². The number of carbonyl (C=O) groups excluding carboxylic acids is 1.